The van der Waals surface area contributed by atoms with E-state index in [-0.39, 0.29) is 30.9 Å². The van der Waals surface area contributed by atoms with Crippen LogP contribution in [-0.4, -0.2) is 32.4 Å². The Morgan fingerprint density at radius 2 is 1.83 bits per heavy atom. The molecule has 0 amide bonds. The molecule has 0 fully saturated rings. The molecule has 0 aliphatic heterocycles. The van der Waals surface area contributed by atoms with Crippen LogP contribution in [0.4, 0.5) is 13.2 Å². The van der Waals surface area contributed by atoms with Gasteiger partial charge in [0.15, 0.2) is 0 Å². The fraction of sp³-hybridized carbons (Fsp3) is 0.571. The van der Waals surface area contributed by atoms with Gasteiger partial charge < -0.3 is 5.73 Å². The van der Waals surface area contributed by atoms with E-state index < -0.39 is 31.7 Å². The number of rotatable bonds is 6. The Kier molecular flexibility index (Phi) is 8.51. The van der Waals surface area contributed by atoms with E-state index in [9.17, 15) is 21.6 Å². The first-order chi connectivity index (χ1) is 10.4. The van der Waals surface area contributed by atoms with Crippen LogP contribution in [0.3, 0.4) is 0 Å². The number of hydrogen-bond donors (Lipinski definition) is 1. The van der Waals surface area contributed by atoms with Crippen LogP contribution < -0.4 is 5.73 Å². The minimum Gasteiger partial charge on any atom is -0.327 e. The van der Waals surface area contributed by atoms with Crippen molar-refractivity contribution in [1.82, 2.24) is 4.31 Å². The minimum absolute atomic E-state index is 0. The Balaban J connectivity index is 0.00000529. The molecule has 0 aliphatic rings. The van der Waals surface area contributed by atoms with Crippen LogP contribution >= 0.6 is 24.0 Å². The fourth-order valence-electron chi connectivity index (χ4n) is 1.93. The average Bonchev–Trinajstić information content (AvgIpc) is 2.42. The summed E-state index contributed by atoms with van der Waals surface area (Å²) in [5, 5.41) is -0.458. The van der Waals surface area contributed by atoms with Crippen molar-refractivity contribution >= 4 is 34.0 Å². The molecule has 0 aliphatic carbocycles. The highest BCUT2D eigenvalue weighted by Gasteiger charge is 2.39. The number of halogens is 5. The van der Waals surface area contributed by atoms with E-state index in [1.54, 1.807) is 0 Å². The molecule has 10 heteroatoms. The topological polar surface area (TPSA) is 63.4 Å². The maximum Gasteiger partial charge on any atom is 0.417 e. The second-order valence-electron chi connectivity index (χ2n) is 5.64. The largest absolute Gasteiger partial charge is 0.417 e. The molecule has 0 bridgehead atoms. The van der Waals surface area contributed by atoms with Crippen LogP contribution in [0.15, 0.2) is 23.1 Å². The quantitative estimate of drug-likeness (QED) is 0.778. The minimum atomic E-state index is -4.82. The van der Waals surface area contributed by atoms with E-state index in [0.29, 0.717) is 12.5 Å². The zero-order valence-electron chi connectivity index (χ0n) is 13.5. The Bertz CT molecular complexity index is 652. The van der Waals surface area contributed by atoms with Crippen molar-refractivity contribution in [2.24, 2.45) is 11.7 Å². The Morgan fingerprint density at radius 1 is 1.29 bits per heavy atom. The molecule has 24 heavy (non-hydrogen) atoms. The van der Waals surface area contributed by atoms with E-state index >= 15 is 0 Å². The third-order valence-electron chi connectivity index (χ3n) is 3.57. The van der Waals surface area contributed by atoms with Crippen molar-refractivity contribution in [2.75, 3.05) is 13.6 Å². The molecule has 0 radical (unpaired) electrons. The normalized spacial score (nSPS) is 13.9. The third kappa shape index (κ3) is 5.49. The van der Waals surface area contributed by atoms with Crippen LogP contribution in [0.5, 0.6) is 0 Å². The molecule has 0 saturated heterocycles. The zero-order valence-corrected chi connectivity index (χ0v) is 15.9. The summed E-state index contributed by atoms with van der Waals surface area (Å²) in [6.07, 6.45) is -4.48. The molecule has 140 valence electrons. The van der Waals surface area contributed by atoms with Gasteiger partial charge in [-0.3, -0.25) is 0 Å². The van der Waals surface area contributed by atoms with Crippen LogP contribution in [0.25, 0.3) is 0 Å². The monoisotopic (exact) mass is 408 g/mol. The van der Waals surface area contributed by atoms with Crippen molar-refractivity contribution in [2.45, 2.75) is 37.4 Å². The van der Waals surface area contributed by atoms with Gasteiger partial charge >= 0.3 is 6.18 Å². The second kappa shape index (κ2) is 8.71. The number of benzene rings is 1. The van der Waals surface area contributed by atoms with Crippen molar-refractivity contribution < 1.29 is 21.6 Å². The Labute approximate surface area is 151 Å². The molecule has 1 rings (SSSR count). The van der Waals surface area contributed by atoms with Gasteiger partial charge in [-0.05, 0) is 24.5 Å². The van der Waals surface area contributed by atoms with E-state index in [1.807, 2.05) is 13.8 Å². The van der Waals surface area contributed by atoms with E-state index in [2.05, 4.69) is 0 Å². The maximum absolute atomic E-state index is 13.1. The van der Waals surface area contributed by atoms with Gasteiger partial charge in [0.25, 0.3) is 0 Å². The Morgan fingerprint density at radius 3 is 2.29 bits per heavy atom. The summed E-state index contributed by atoms with van der Waals surface area (Å²) in [4.78, 5) is -0.921. The fourth-order valence-corrected chi connectivity index (χ4v) is 3.84. The molecular weight excluding hydrogens is 388 g/mol. The number of nitrogens with two attached hydrogens (primary N) is 1. The number of alkyl halides is 3. The maximum atomic E-state index is 13.1. The van der Waals surface area contributed by atoms with Crippen molar-refractivity contribution in [3.63, 3.8) is 0 Å². The molecule has 0 aromatic heterocycles. The van der Waals surface area contributed by atoms with Gasteiger partial charge in [-0.1, -0.05) is 31.5 Å². The lowest BCUT2D eigenvalue weighted by atomic mass is 10.0. The summed E-state index contributed by atoms with van der Waals surface area (Å²) < 4.78 is 65.1. The van der Waals surface area contributed by atoms with Gasteiger partial charge in [0.2, 0.25) is 10.0 Å². The highest BCUT2D eigenvalue weighted by atomic mass is 35.5. The molecule has 4 nitrogen and oxygen atoms in total. The number of nitrogens with zero attached hydrogens (tertiary/aromatic N) is 1. The van der Waals surface area contributed by atoms with E-state index in [1.165, 1.54) is 7.05 Å². The van der Waals surface area contributed by atoms with Gasteiger partial charge in [0.1, 0.15) is 4.90 Å². The molecule has 0 saturated carbocycles. The summed E-state index contributed by atoms with van der Waals surface area (Å²) in [5.41, 5.74) is 4.58. The van der Waals surface area contributed by atoms with Crippen molar-refractivity contribution in [3.05, 3.63) is 28.8 Å². The molecule has 0 heterocycles. The molecule has 1 atom stereocenters. The van der Waals surface area contributed by atoms with Crippen LogP contribution in [0.2, 0.25) is 5.02 Å². The molecule has 2 N–H and O–H groups in total. The summed E-state index contributed by atoms with van der Waals surface area (Å²) >= 11 is 5.75. The van der Waals surface area contributed by atoms with Gasteiger partial charge in [-0.15, -0.1) is 12.4 Å². The first-order valence-corrected chi connectivity index (χ1v) is 8.78. The zero-order chi connectivity index (χ0) is 18.0. The van der Waals surface area contributed by atoms with Crippen LogP contribution in [0, 0.1) is 5.92 Å². The molecule has 1 unspecified atom stereocenters. The standard InChI is InChI=1S/C14H20ClF3N2O2S.ClH/c1-9(2)12(19)7-8-20(3)23(21,22)13-10(14(16,17)18)5-4-6-11(13)15;/h4-6,9,12H,7-8,19H2,1-3H3;1H. The highest BCUT2D eigenvalue weighted by molar-refractivity contribution is 7.89. The first kappa shape index (κ1) is 23.5. The SMILES string of the molecule is CC(C)C(N)CCN(C)S(=O)(=O)c1c(Cl)cccc1C(F)(F)F.Cl. The molecular formula is C14H21Cl2F3N2O2S. The molecule has 1 aromatic carbocycles. The van der Waals surface area contributed by atoms with E-state index in [4.69, 9.17) is 17.3 Å². The summed E-state index contributed by atoms with van der Waals surface area (Å²) in [5.74, 6) is 0.136. The second-order valence-corrected chi connectivity index (χ2v) is 8.03. The van der Waals surface area contributed by atoms with Gasteiger partial charge in [-0.25, -0.2) is 12.7 Å². The summed E-state index contributed by atoms with van der Waals surface area (Å²) in [6, 6.07) is 2.64. The van der Waals surface area contributed by atoms with Gasteiger partial charge in [0, 0.05) is 19.6 Å². The predicted octanol–water partition coefficient (Wildman–Crippen LogP) is 3.77. The van der Waals surface area contributed by atoms with Gasteiger partial charge in [0.05, 0.1) is 10.6 Å². The summed E-state index contributed by atoms with van der Waals surface area (Å²) in [7, 11) is -3.16. The van der Waals surface area contributed by atoms with Crippen molar-refractivity contribution in [1.29, 1.82) is 0 Å². The smallest absolute Gasteiger partial charge is 0.327 e. The lowest BCUT2D eigenvalue weighted by Crippen LogP contribution is -2.35. The number of hydrogen-bond acceptors (Lipinski definition) is 3. The predicted molar refractivity (Wildman–Crippen MR) is 90.9 cm³/mol. The third-order valence-corrected chi connectivity index (χ3v) is 5.96. The molecule has 0 spiro atoms. The lowest BCUT2D eigenvalue weighted by molar-refractivity contribution is -0.139. The lowest BCUT2D eigenvalue weighted by Gasteiger charge is -2.23. The Hall–Kier alpha value is -0.540. The first-order valence-electron chi connectivity index (χ1n) is 6.96. The molecule has 1 aromatic rings. The summed E-state index contributed by atoms with van der Waals surface area (Å²) in [6.45, 7) is 3.77. The number of sulfonamides is 1. The highest BCUT2D eigenvalue weighted by Crippen LogP contribution is 2.38. The van der Waals surface area contributed by atoms with E-state index in [0.717, 1.165) is 16.4 Å². The van der Waals surface area contributed by atoms with Crippen LogP contribution in [0.1, 0.15) is 25.8 Å². The van der Waals surface area contributed by atoms with Crippen LogP contribution in [-0.2, 0) is 16.2 Å². The van der Waals surface area contributed by atoms with Crippen molar-refractivity contribution in [3.8, 4) is 0 Å². The van der Waals surface area contributed by atoms with Gasteiger partial charge in [-0.2, -0.15) is 13.2 Å². The average molecular weight is 409 g/mol.